The van der Waals surface area contributed by atoms with Gasteiger partial charge in [-0.3, -0.25) is 4.90 Å². The molecule has 1 aliphatic heterocycles. The minimum absolute atomic E-state index is 0.0613. The number of nitrogens with one attached hydrogen (secondary N) is 2. The predicted octanol–water partition coefficient (Wildman–Crippen LogP) is 3.43. The van der Waals surface area contributed by atoms with Crippen molar-refractivity contribution in [3.63, 3.8) is 0 Å². The van der Waals surface area contributed by atoms with Crippen molar-refractivity contribution in [3.05, 3.63) is 57.8 Å². The molecular formula is C20H27N3OS. The first kappa shape index (κ1) is 18.0. The lowest BCUT2D eigenvalue weighted by Crippen LogP contribution is -2.44. The van der Waals surface area contributed by atoms with Crippen molar-refractivity contribution in [2.75, 3.05) is 19.6 Å². The van der Waals surface area contributed by atoms with E-state index in [2.05, 4.69) is 58.2 Å². The Bertz CT molecular complexity index is 671. The molecule has 0 aliphatic carbocycles. The summed E-state index contributed by atoms with van der Waals surface area (Å²) in [6, 6.07) is 12.7. The van der Waals surface area contributed by atoms with Crippen LogP contribution in [0.25, 0.3) is 0 Å². The van der Waals surface area contributed by atoms with Crippen LogP contribution in [-0.4, -0.2) is 36.6 Å². The van der Waals surface area contributed by atoms with Gasteiger partial charge in [0, 0.05) is 37.1 Å². The maximum absolute atomic E-state index is 12.0. The van der Waals surface area contributed by atoms with E-state index in [1.807, 2.05) is 17.4 Å². The molecule has 1 atom stereocenters. The zero-order valence-corrected chi connectivity index (χ0v) is 15.6. The second-order valence-corrected chi connectivity index (χ2v) is 7.72. The van der Waals surface area contributed by atoms with E-state index in [4.69, 9.17) is 0 Å². The van der Waals surface area contributed by atoms with Crippen molar-refractivity contribution in [1.82, 2.24) is 15.5 Å². The Morgan fingerprint density at radius 1 is 1.28 bits per heavy atom. The van der Waals surface area contributed by atoms with Crippen LogP contribution in [-0.2, 0) is 19.4 Å². The fourth-order valence-corrected chi connectivity index (χ4v) is 4.09. The van der Waals surface area contributed by atoms with Gasteiger partial charge in [-0.15, -0.1) is 11.3 Å². The van der Waals surface area contributed by atoms with Crippen LogP contribution in [0.4, 0.5) is 4.79 Å². The highest BCUT2D eigenvalue weighted by Gasteiger charge is 2.16. The molecule has 0 bridgehead atoms. The molecule has 0 radical (unpaired) electrons. The lowest BCUT2D eigenvalue weighted by molar-refractivity contribution is 0.228. The Balaban J connectivity index is 1.30. The van der Waals surface area contributed by atoms with E-state index in [1.165, 1.54) is 16.0 Å². The van der Waals surface area contributed by atoms with Gasteiger partial charge in [-0.25, -0.2) is 4.79 Å². The Morgan fingerprint density at radius 2 is 2.12 bits per heavy atom. The first-order valence-electron chi connectivity index (χ1n) is 9.06. The molecule has 0 saturated heterocycles. The van der Waals surface area contributed by atoms with Gasteiger partial charge in [-0.05, 0) is 48.8 Å². The van der Waals surface area contributed by atoms with Crippen molar-refractivity contribution in [2.24, 2.45) is 0 Å². The van der Waals surface area contributed by atoms with E-state index < -0.39 is 0 Å². The SMILES string of the molecule is CC(CCc1ccccc1)NC(=O)NCCN1CCc2sccc2C1. The summed E-state index contributed by atoms with van der Waals surface area (Å²) in [5, 5.41) is 8.20. The van der Waals surface area contributed by atoms with Crippen LogP contribution in [0, 0.1) is 0 Å². The molecule has 25 heavy (non-hydrogen) atoms. The first-order chi connectivity index (χ1) is 12.2. The van der Waals surface area contributed by atoms with E-state index in [0.717, 1.165) is 38.9 Å². The van der Waals surface area contributed by atoms with Gasteiger partial charge >= 0.3 is 6.03 Å². The number of fused-ring (bicyclic) bond motifs is 1. The van der Waals surface area contributed by atoms with Crippen LogP contribution in [0.15, 0.2) is 41.8 Å². The number of thiophene rings is 1. The van der Waals surface area contributed by atoms with Gasteiger partial charge in [0.2, 0.25) is 0 Å². The number of carbonyl (C=O) groups excluding carboxylic acids is 1. The number of benzene rings is 1. The molecule has 1 aromatic carbocycles. The topological polar surface area (TPSA) is 44.4 Å². The summed E-state index contributed by atoms with van der Waals surface area (Å²) < 4.78 is 0. The Morgan fingerprint density at radius 3 is 2.96 bits per heavy atom. The van der Waals surface area contributed by atoms with Gasteiger partial charge in [0.25, 0.3) is 0 Å². The summed E-state index contributed by atoms with van der Waals surface area (Å²) in [5.74, 6) is 0. The highest BCUT2D eigenvalue weighted by molar-refractivity contribution is 7.10. The smallest absolute Gasteiger partial charge is 0.315 e. The number of rotatable bonds is 7. The van der Waals surface area contributed by atoms with Gasteiger partial charge in [-0.1, -0.05) is 30.3 Å². The average Bonchev–Trinajstić information content (AvgIpc) is 3.08. The van der Waals surface area contributed by atoms with Crippen molar-refractivity contribution in [1.29, 1.82) is 0 Å². The van der Waals surface area contributed by atoms with Crippen molar-refractivity contribution >= 4 is 17.4 Å². The van der Waals surface area contributed by atoms with E-state index in [9.17, 15) is 4.79 Å². The molecule has 1 unspecified atom stereocenters. The standard InChI is InChI=1S/C20H27N3OS/c1-16(7-8-17-5-3-2-4-6-17)22-20(24)21-11-13-23-12-9-19-18(15-23)10-14-25-19/h2-6,10,14,16H,7-9,11-13,15H2,1H3,(H2,21,22,24). The van der Waals surface area contributed by atoms with E-state index >= 15 is 0 Å². The Kier molecular flexibility index (Phi) is 6.48. The minimum atomic E-state index is -0.0613. The van der Waals surface area contributed by atoms with Crippen LogP contribution in [0.5, 0.6) is 0 Å². The van der Waals surface area contributed by atoms with Crippen LogP contribution in [0.1, 0.15) is 29.3 Å². The van der Waals surface area contributed by atoms with Gasteiger partial charge in [0.1, 0.15) is 0 Å². The Hall–Kier alpha value is -1.85. The second kappa shape index (κ2) is 9.02. The monoisotopic (exact) mass is 357 g/mol. The van der Waals surface area contributed by atoms with E-state index in [0.29, 0.717) is 6.54 Å². The zero-order valence-electron chi connectivity index (χ0n) is 14.8. The normalized spacial score (nSPS) is 15.4. The summed E-state index contributed by atoms with van der Waals surface area (Å²) in [5.41, 5.74) is 2.77. The summed E-state index contributed by atoms with van der Waals surface area (Å²) in [6.07, 6.45) is 3.07. The third kappa shape index (κ3) is 5.58. The molecule has 2 aromatic rings. The molecular weight excluding hydrogens is 330 g/mol. The molecule has 5 heteroatoms. The number of aryl methyl sites for hydroxylation is 1. The summed E-state index contributed by atoms with van der Waals surface area (Å²) in [6.45, 7) is 5.75. The maximum Gasteiger partial charge on any atom is 0.315 e. The number of urea groups is 1. The largest absolute Gasteiger partial charge is 0.337 e. The van der Waals surface area contributed by atoms with Crippen LogP contribution in [0.2, 0.25) is 0 Å². The zero-order chi connectivity index (χ0) is 17.5. The van der Waals surface area contributed by atoms with Gasteiger partial charge < -0.3 is 10.6 Å². The second-order valence-electron chi connectivity index (χ2n) is 6.72. The van der Waals surface area contributed by atoms with Gasteiger partial charge in [-0.2, -0.15) is 0 Å². The average molecular weight is 358 g/mol. The van der Waals surface area contributed by atoms with Crippen molar-refractivity contribution in [3.8, 4) is 0 Å². The van der Waals surface area contributed by atoms with Crippen molar-refractivity contribution in [2.45, 2.75) is 38.8 Å². The molecule has 3 rings (SSSR count). The highest BCUT2D eigenvalue weighted by atomic mass is 32.1. The third-order valence-electron chi connectivity index (χ3n) is 4.69. The maximum atomic E-state index is 12.0. The molecule has 134 valence electrons. The summed E-state index contributed by atoms with van der Waals surface area (Å²) in [7, 11) is 0. The van der Waals surface area contributed by atoms with Gasteiger partial charge in [0.15, 0.2) is 0 Å². The Labute approximate surface area is 154 Å². The minimum Gasteiger partial charge on any atom is -0.337 e. The van der Waals surface area contributed by atoms with Crippen LogP contribution in [0.3, 0.4) is 0 Å². The quantitative estimate of drug-likeness (QED) is 0.797. The number of hydrogen-bond acceptors (Lipinski definition) is 3. The number of hydrogen-bond donors (Lipinski definition) is 2. The fourth-order valence-electron chi connectivity index (χ4n) is 3.20. The van der Waals surface area contributed by atoms with Gasteiger partial charge in [0.05, 0.1) is 0 Å². The number of carbonyl (C=O) groups is 1. The first-order valence-corrected chi connectivity index (χ1v) is 9.94. The predicted molar refractivity (Wildman–Crippen MR) is 104 cm³/mol. The molecule has 1 aromatic heterocycles. The number of amides is 2. The van der Waals surface area contributed by atoms with Crippen LogP contribution >= 0.6 is 11.3 Å². The van der Waals surface area contributed by atoms with Crippen LogP contribution < -0.4 is 10.6 Å². The lowest BCUT2D eigenvalue weighted by Gasteiger charge is -2.26. The molecule has 0 spiro atoms. The number of nitrogens with zero attached hydrogens (tertiary/aromatic N) is 1. The molecule has 0 fully saturated rings. The molecule has 1 aliphatic rings. The molecule has 0 saturated carbocycles. The molecule has 2 heterocycles. The molecule has 2 amide bonds. The fraction of sp³-hybridized carbons (Fsp3) is 0.450. The van der Waals surface area contributed by atoms with E-state index in [1.54, 1.807) is 0 Å². The third-order valence-corrected chi connectivity index (χ3v) is 5.71. The molecule has 2 N–H and O–H groups in total. The lowest BCUT2D eigenvalue weighted by atomic mass is 10.1. The molecule has 4 nitrogen and oxygen atoms in total. The van der Waals surface area contributed by atoms with Crippen molar-refractivity contribution < 1.29 is 4.79 Å². The summed E-state index contributed by atoms with van der Waals surface area (Å²) >= 11 is 1.86. The summed E-state index contributed by atoms with van der Waals surface area (Å²) in [4.78, 5) is 16.0. The highest BCUT2D eigenvalue weighted by Crippen LogP contribution is 2.23. The van der Waals surface area contributed by atoms with E-state index in [-0.39, 0.29) is 12.1 Å².